The fourth-order valence-electron chi connectivity index (χ4n) is 4.70. The second kappa shape index (κ2) is 13.0. The van der Waals surface area contributed by atoms with Gasteiger partial charge in [-0.15, -0.1) is 0 Å². The van der Waals surface area contributed by atoms with Crippen LogP contribution in [0.3, 0.4) is 0 Å². The first-order chi connectivity index (χ1) is 18.8. The number of aliphatic hydroxyl groups is 1. The molecule has 1 fully saturated rings. The predicted molar refractivity (Wildman–Crippen MR) is 145 cm³/mol. The van der Waals surface area contributed by atoms with E-state index in [0.717, 1.165) is 33.8 Å². The molecule has 1 aliphatic heterocycles. The Kier molecular flexibility index (Phi) is 9.50. The molecule has 0 saturated carbocycles. The summed E-state index contributed by atoms with van der Waals surface area (Å²) in [6, 6.07) is 7.52. The van der Waals surface area contributed by atoms with Gasteiger partial charge in [-0.25, -0.2) is 14.8 Å². The minimum atomic E-state index is -0.621. The standard InChI is InChI=1S/C28H37N5O6/c1-17-24(10-9-23-15-33(11-12-37-23)28(35)36-5)30-27(31-26(17)25-18(2)32-39-19(25)3)20-7-6-8-22(13-20)38-16-21(34)14-29-4/h6-8,13,21,23,29,34H,9-12,14-16H2,1-5H3/t21?,23-/m1/s1. The maximum Gasteiger partial charge on any atom is 0.409 e. The molecule has 1 amide bonds. The zero-order chi connectivity index (χ0) is 27.9. The first-order valence-electron chi connectivity index (χ1n) is 13.1. The smallest absolute Gasteiger partial charge is 0.409 e. The average molecular weight is 540 g/mol. The lowest BCUT2D eigenvalue weighted by atomic mass is 10.00. The minimum absolute atomic E-state index is 0.126. The second-order valence-electron chi connectivity index (χ2n) is 9.66. The molecule has 1 aromatic carbocycles. The number of benzene rings is 1. The average Bonchev–Trinajstić information content (AvgIpc) is 3.28. The summed E-state index contributed by atoms with van der Waals surface area (Å²) in [7, 11) is 3.17. The Morgan fingerprint density at radius 2 is 2.10 bits per heavy atom. The molecule has 11 nitrogen and oxygen atoms in total. The summed E-state index contributed by atoms with van der Waals surface area (Å²) >= 11 is 0. The lowest BCUT2D eigenvalue weighted by Gasteiger charge is -2.32. The number of hydrogen-bond donors (Lipinski definition) is 2. The molecule has 1 unspecified atom stereocenters. The molecule has 1 aliphatic rings. The number of carbonyl (C=O) groups excluding carboxylic acids is 1. The predicted octanol–water partition coefficient (Wildman–Crippen LogP) is 3.08. The lowest BCUT2D eigenvalue weighted by Crippen LogP contribution is -2.45. The van der Waals surface area contributed by atoms with Crippen molar-refractivity contribution in [2.75, 3.05) is 47.0 Å². The van der Waals surface area contributed by atoms with Crippen molar-refractivity contribution >= 4 is 6.09 Å². The van der Waals surface area contributed by atoms with Crippen molar-refractivity contribution < 1.29 is 28.6 Å². The monoisotopic (exact) mass is 539 g/mol. The van der Waals surface area contributed by atoms with Crippen molar-refractivity contribution in [1.29, 1.82) is 0 Å². The number of aliphatic hydroxyl groups excluding tert-OH is 1. The van der Waals surface area contributed by atoms with Crippen molar-refractivity contribution in [3.05, 3.63) is 47.0 Å². The van der Waals surface area contributed by atoms with Gasteiger partial charge >= 0.3 is 6.09 Å². The Balaban J connectivity index is 1.64. The number of aryl methyl sites for hydroxylation is 3. The fourth-order valence-corrected chi connectivity index (χ4v) is 4.70. The van der Waals surface area contributed by atoms with Crippen LogP contribution in [0.2, 0.25) is 0 Å². The van der Waals surface area contributed by atoms with Gasteiger partial charge in [0.05, 0.1) is 43.3 Å². The van der Waals surface area contributed by atoms with Crippen LogP contribution in [-0.4, -0.2) is 90.4 Å². The van der Waals surface area contributed by atoms with Gasteiger partial charge < -0.3 is 34.1 Å². The summed E-state index contributed by atoms with van der Waals surface area (Å²) in [4.78, 5) is 23.6. The highest BCUT2D eigenvalue weighted by atomic mass is 16.5. The maximum absolute atomic E-state index is 12.0. The van der Waals surface area contributed by atoms with Crippen molar-refractivity contribution in [2.45, 2.75) is 45.8 Å². The van der Waals surface area contributed by atoms with Gasteiger partial charge in [-0.05, 0) is 58.4 Å². The number of nitrogens with zero attached hydrogens (tertiary/aromatic N) is 4. The van der Waals surface area contributed by atoms with Crippen molar-refractivity contribution in [3.8, 4) is 28.4 Å². The third-order valence-corrected chi connectivity index (χ3v) is 6.77. The van der Waals surface area contributed by atoms with E-state index in [9.17, 15) is 9.90 Å². The summed E-state index contributed by atoms with van der Waals surface area (Å²) in [5.41, 5.74) is 4.98. The molecule has 39 heavy (non-hydrogen) atoms. The van der Waals surface area contributed by atoms with E-state index in [-0.39, 0.29) is 18.8 Å². The van der Waals surface area contributed by atoms with Crippen LogP contribution in [0.25, 0.3) is 22.6 Å². The zero-order valence-electron chi connectivity index (χ0n) is 23.2. The van der Waals surface area contributed by atoms with Crippen LogP contribution >= 0.6 is 0 Å². The molecular weight excluding hydrogens is 502 g/mol. The maximum atomic E-state index is 12.0. The van der Waals surface area contributed by atoms with Crippen LogP contribution in [0.5, 0.6) is 5.75 Å². The van der Waals surface area contributed by atoms with Gasteiger partial charge in [-0.1, -0.05) is 17.3 Å². The Hall–Kier alpha value is -3.54. The molecule has 3 aromatic rings. The number of aromatic nitrogens is 3. The van der Waals surface area contributed by atoms with E-state index >= 15 is 0 Å². The third-order valence-electron chi connectivity index (χ3n) is 6.77. The van der Waals surface area contributed by atoms with E-state index in [0.29, 0.717) is 56.4 Å². The number of ether oxygens (including phenoxy) is 3. The summed E-state index contributed by atoms with van der Waals surface area (Å²) < 4.78 is 22.1. The van der Waals surface area contributed by atoms with Gasteiger partial charge in [-0.3, -0.25) is 0 Å². The Bertz CT molecular complexity index is 1260. The molecule has 4 rings (SSSR count). The van der Waals surface area contributed by atoms with Gasteiger partial charge in [0.25, 0.3) is 0 Å². The Morgan fingerprint density at radius 3 is 2.82 bits per heavy atom. The molecule has 2 aromatic heterocycles. The number of likely N-dealkylation sites (N-methyl/N-ethyl adjacent to an activating group) is 1. The van der Waals surface area contributed by atoms with Gasteiger partial charge in [0.15, 0.2) is 5.82 Å². The van der Waals surface area contributed by atoms with Gasteiger partial charge in [0, 0.05) is 24.3 Å². The number of amides is 1. The van der Waals surface area contributed by atoms with Crippen molar-refractivity contribution in [3.63, 3.8) is 0 Å². The molecule has 0 spiro atoms. The number of carbonyl (C=O) groups is 1. The molecule has 2 atom stereocenters. The van der Waals surface area contributed by atoms with Crippen LogP contribution < -0.4 is 10.1 Å². The van der Waals surface area contributed by atoms with Crippen LogP contribution in [0.15, 0.2) is 28.8 Å². The summed E-state index contributed by atoms with van der Waals surface area (Å²) in [5, 5.41) is 17.1. The Morgan fingerprint density at radius 1 is 1.28 bits per heavy atom. The highest BCUT2D eigenvalue weighted by Gasteiger charge is 2.26. The van der Waals surface area contributed by atoms with Gasteiger partial charge in [0.2, 0.25) is 0 Å². The summed E-state index contributed by atoms with van der Waals surface area (Å²) in [6.45, 7) is 7.83. The highest BCUT2D eigenvalue weighted by molar-refractivity contribution is 5.71. The van der Waals surface area contributed by atoms with E-state index in [2.05, 4.69) is 10.5 Å². The molecule has 0 aliphatic carbocycles. The number of nitrogens with one attached hydrogen (secondary N) is 1. The largest absolute Gasteiger partial charge is 0.491 e. The number of rotatable bonds is 10. The van der Waals surface area contributed by atoms with E-state index in [1.807, 2.05) is 45.0 Å². The molecule has 3 heterocycles. The minimum Gasteiger partial charge on any atom is -0.491 e. The van der Waals surface area contributed by atoms with Crippen LogP contribution in [0.1, 0.15) is 29.1 Å². The molecule has 0 radical (unpaired) electrons. The van der Waals surface area contributed by atoms with Crippen LogP contribution in [0, 0.1) is 20.8 Å². The number of methoxy groups -OCH3 is 1. The normalized spacial score (nSPS) is 16.3. The number of morpholine rings is 1. The third kappa shape index (κ3) is 6.92. The molecule has 2 N–H and O–H groups in total. The van der Waals surface area contributed by atoms with E-state index < -0.39 is 6.10 Å². The van der Waals surface area contributed by atoms with E-state index in [1.54, 1.807) is 11.9 Å². The molecule has 0 bridgehead atoms. The number of hydrogen-bond acceptors (Lipinski definition) is 10. The van der Waals surface area contributed by atoms with Crippen molar-refractivity contribution in [1.82, 2.24) is 25.3 Å². The highest BCUT2D eigenvalue weighted by Crippen LogP contribution is 2.32. The first kappa shape index (κ1) is 28.5. The summed E-state index contributed by atoms with van der Waals surface area (Å²) in [5.74, 6) is 1.85. The SMILES string of the molecule is CNCC(O)COc1cccc(-c2nc(CC[C@@H]3CN(C(=O)OC)CCO3)c(C)c(-c3c(C)noc3C)n2)c1. The topological polar surface area (TPSA) is 132 Å². The summed E-state index contributed by atoms with van der Waals surface area (Å²) in [6.07, 6.45) is 0.218. The van der Waals surface area contributed by atoms with Crippen molar-refractivity contribution in [2.24, 2.45) is 0 Å². The molecule has 210 valence electrons. The lowest BCUT2D eigenvalue weighted by molar-refractivity contribution is -0.0276. The zero-order valence-corrected chi connectivity index (χ0v) is 23.2. The molecular formula is C28H37N5O6. The van der Waals surface area contributed by atoms with E-state index in [1.165, 1.54) is 7.11 Å². The van der Waals surface area contributed by atoms with Gasteiger partial charge in [0.1, 0.15) is 24.2 Å². The van der Waals surface area contributed by atoms with E-state index in [4.69, 9.17) is 28.7 Å². The fraction of sp³-hybridized carbons (Fsp3) is 0.500. The van der Waals surface area contributed by atoms with Crippen LogP contribution in [-0.2, 0) is 15.9 Å². The molecule has 11 heteroatoms. The van der Waals surface area contributed by atoms with Gasteiger partial charge in [-0.2, -0.15) is 0 Å². The first-order valence-corrected chi connectivity index (χ1v) is 13.1. The Labute approximate surface area is 228 Å². The van der Waals surface area contributed by atoms with Crippen LogP contribution in [0.4, 0.5) is 4.79 Å². The molecule has 1 saturated heterocycles. The second-order valence-corrected chi connectivity index (χ2v) is 9.66. The quantitative estimate of drug-likeness (QED) is 0.396.